The van der Waals surface area contributed by atoms with E-state index in [1.54, 1.807) is 0 Å². The van der Waals surface area contributed by atoms with E-state index in [2.05, 4.69) is 14.7 Å². The van der Waals surface area contributed by atoms with E-state index in [1.807, 2.05) is 0 Å². The summed E-state index contributed by atoms with van der Waals surface area (Å²) in [5.74, 6) is 0. The molecule has 0 amide bonds. The molecule has 16 heavy (non-hydrogen) atoms. The second-order valence-corrected chi connectivity index (χ2v) is 4.91. The van der Waals surface area contributed by atoms with Crippen molar-refractivity contribution in [3.63, 3.8) is 0 Å². The van der Waals surface area contributed by atoms with E-state index in [-0.39, 0.29) is 13.2 Å². The Balaban J connectivity index is 2.65. The van der Waals surface area contributed by atoms with Crippen LogP contribution in [0.5, 0.6) is 0 Å². The highest BCUT2D eigenvalue weighted by atomic mass is 32.2. The average molecular weight is 246 g/mol. The SMILES string of the molecule is CN(CCCO)S(=O)(=O)Nc1cncnc1. The highest BCUT2D eigenvalue weighted by Gasteiger charge is 2.16. The molecule has 0 saturated heterocycles. The molecule has 0 unspecified atom stereocenters. The fourth-order valence-electron chi connectivity index (χ4n) is 0.992. The first-order chi connectivity index (χ1) is 7.56. The van der Waals surface area contributed by atoms with Gasteiger partial charge in [-0.3, -0.25) is 4.72 Å². The number of aliphatic hydroxyl groups excluding tert-OH is 1. The maximum absolute atomic E-state index is 11.7. The van der Waals surface area contributed by atoms with Gasteiger partial charge in [-0.2, -0.15) is 12.7 Å². The third-order valence-electron chi connectivity index (χ3n) is 1.85. The number of anilines is 1. The first-order valence-corrected chi connectivity index (χ1v) is 6.10. The van der Waals surface area contributed by atoms with Gasteiger partial charge in [-0.15, -0.1) is 0 Å². The molecular formula is C8H14N4O3S. The van der Waals surface area contributed by atoms with Crippen molar-refractivity contribution in [1.29, 1.82) is 0 Å². The van der Waals surface area contributed by atoms with Crippen LogP contribution in [0.2, 0.25) is 0 Å². The number of hydrogen-bond acceptors (Lipinski definition) is 5. The summed E-state index contributed by atoms with van der Waals surface area (Å²) in [6.07, 6.45) is 4.44. The van der Waals surface area contributed by atoms with E-state index in [0.29, 0.717) is 12.1 Å². The largest absolute Gasteiger partial charge is 0.396 e. The van der Waals surface area contributed by atoms with Crippen molar-refractivity contribution in [3.8, 4) is 0 Å². The number of nitrogens with zero attached hydrogens (tertiary/aromatic N) is 3. The van der Waals surface area contributed by atoms with E-state index in [9.17, 15) is 8.42 Å². The molecule has 1 rings (SSSR count). The number of aliphatic hydroxyl groups is 1. The topological polar surface area (TPSA) is 95.4 Å². The van der Waals surface area contributed by atoms with Crippen LogP contribution < -0.4 is 4.72 Å². The summed E-state index contributed by atoms with van der Waals surface area (Å²) in [4.78, 5) is 7.39. The normalized spacial score (nSPS) is 11.7. The highest BCUT2D eigenvalue weighted by molar-refractivity contribution is 7.90. The first kappa shape index (κ1) is 12.8. The molecule has 0 spiro atoms. The van der Waals surface area contributed by atoms with Gasteiger partial charge in [0.1, 0.15) is 6.33 Å². The predicted molar refractivity (Wildman–Crippen MR) is 58.9 cm³/mol. The molecule has 0 saturated carbocycles. The van der Waals surface area contributed by atoms with Crippen LogP contribution >= 0.6 is 0 Å². The van der Waals surface area contributed by atoms with Crippen LogP contribution in [0.4, 0.5) is 5.69 Å². The molecule has 0 radical (unpaired) electrons. The molecule has 0 atom stereocenters. The average Bonchev–Trinajstić information content (AvgIpc) is 2.26. The van der Waals surface area contributed by atoms with Crippen LogP contribution in [-0.2, 0) is 10.2 Å². The van der Waals surface area contributed by atoms with Crippen LogP contribution in [0.25, 0.3) is 0 Å². The van der Waals surface area contributed by atoms with Gasteiger partial charge in [-0.25, -0.2) is 9.97 Å². The van der Waals surface area contributed by atoms with Crippen LogP contribution in [-0.4, -0.2) is 48.0 Å². The second kappa shape index (κ2) is 5.73. The minimum Gasteiger partial charge on any atom is -0.396 e. The van der Waals surface area contributed by atoms with E-state index in [1.165, 1.54) is 25.8 Å². The summed E-state index contributed by atoms with van der Waals surface area (Å²) in [6.45, 7) is 0.202. The Labute approximate surface area is 94.3 Å². The van der Waals surface area contributed by atoms with Gasteiger partial charge in [-0.1, -0.05) is 0 Å². The summed E-state index contributed by atoms with van der Waals surface area (Å²) in [6, 6.07) is 0. The zero-order valence-corrected chi connectivity index (χ0v) is 9.68. The van der Waals surface area contributed by atoms with Crippen LogP contribution in [0.1, 0.15) is 6.42 Å². The van der Waals surface area contributed by atoms with E-state index in [0.717, 1.165) is 4.31 Å². The zero-order valence-electron chi connectivity index (χ0n) is 8.87. The van der Waals surface area contributed by atoms with Crippen molar-refractivity contribution >= 4 is 15.9 Å². The molecular weight excluding hydrogens is 232 g/mol. The molecule has 0 bridgehead atoms. The Hall–Kier alpha value is -1.25. The number of nitrogens with one attached hydrogen (secondary N) is 1. The number of hydrogen-bond donors (Lipinski definition) is 2. The van der Waals surface area contributed by atoms with Gasteiger partial charge in [0.2, 0.25) is 0 Å². The van der Waals surface area contributed by atoms with E-state index < -0.39 is 10.2 Å². The van der Waals surface area contributed by atoms with E-state index >= 15 is 0 Å². The van der Waals surface area contributed by atoms with Crippen LogP contribution in [0.15, 0.2) is 18.7 Å². The third-order valence-corrected chi connectivity index (χ3v) is 3.35. The van der Waals surface area contributed by atoms with Gasteiger partial charge in [0.25, 0.3) is 0 Å². The predicted octanol–water partition coefficient (Wildman–Crippen LogP) is -0.553. The minimum atomic E-state index is -3.59. The Morgan fingerprint density at radius 1 is 1.44 bits per heavy atom. The molecule has 0 aromatic carbocycles. The lowest BCUT2D eigenvalue weighted by Gasteiger charge is -2.17. The van der Waals surface area contributed by atoms with Gasteiger partial charge in [-0.05, 0) is 6.42 Å². The molecule has 0 aliphatic carbocycles. The summed E-state index contributed by atoms with van der Waals surface area (Å²) < 4.78 is 26.8. The molecule has 2 N–H and O–H groups in total. The van der Waals surface area contributed by atoms with Gasteiger partial charge < -0.3 is 5.11 Å². The van der Waals surface area contributed by atoms with Gasteiger partial charge in [0.05, 0.1) is 18.1 Å². The summed E-state index contributed by atoms with van der Waals surface area (Å²) in [5, 5.41) is 8.61. The van der Waals surface area contributed by atoms with Crippen molar-refractivity contribution in [2.75, 3.05) is 24.9 Å². The quantitative estimate of drug-likeness (QED) is 0.702. The number of aromatic nitrogens is 2. The molecule has 0 aliphatic rings. The maximum Gasteiger partial charge on any atom is 0.301 e. The van der Waals surface area contributed by atoms with Gasteiger partial charge in [0, 0.05) is 20.2 Å². The Bertz CT molecular complexity index is 409. The first-order valence-electron chi connectivity index (χ1n) is 4.66. The third kappa shape index (κ3) is 3.72. The van der Waals surface area contributed by atoms with E-state index in [4.69, 9.17) is 5.11 Å². The molecule has 1 aromatic heterocycles. The Morgan fingerprint density at radius 2 is 2.06 bits per heavy atom. The second-order valence-electron chi connectivity index (χ2n) is 3.13. The fourth-order valence-corrected chi connectivity index (χ4v) is 1.92. The lowest BCUT2D eigenvalue weighted by molar-refractivity contribution is 0.276. The van der Waals surface area contributed by atoms with Gasteiger partial charge in [0.15, 0.2) is 0 Å². The number of rotatable bonds is 6. The Kier molecular flexibility index (Phi) is 4.59. The fraction of sp³-hybridized carbons (Fsp3) is 0.500. The lowest BCUT2D eigenvalue weighted by Crippen LogP contribution is -2.33. The van der Waals surface area contributed by atoms with Crippen molar-refractivity contribution in [2.24, 2.45) is 0 Å². The Morgan fingerprint density at radius 3 is 2.62 bits per heavy atom. The standard InChI is InChI=1S/C8H14N4O3S/c1-12(3-2-4-13)16(14,15)11-8-5-9-7-10-6-8/h5-7,11,13H,2-4H2,1H3. The molecule has 90 valence electrons. The molecule has 7 nitrogen and oxygen atoms in total. The summed E-state index contributed by atoms with van der Waals surface area (Å²) >= 11 is 0. The smallest absolute Gasteiger partial charge is 0.301 e. The monoisotopic (exact) mass is 246 g/mol. The zero-order chi connectivity index (χ0) is 12.0. The highest BCUT2D eigenvalue weighted by Crippen LogP contribution is 2.07. The molecule has 1 heterocycles. The van der Waals surface area contributed by atoms with Crippen molar-refractivity contribution in [2.45, 2.75) is 6.42 Å². The molecule has 8 heteroatoms. The summed E-state index contributed by atoms with van der Waals surface area (Å²) in [7, 11) is -2.16. The molecule has 0 aliphatic heterocycles. The summed E-state index contributed by atoms with van der Waals surface area (Å²) in [5.41, 5.74) is 0.304. The molecule has 1 aromatic rings. The maximum atomic E-state index is 11.7. The van der Waals surface area contributed by atoms with Crippen LogP contribution in [0, 0.1) is 0 Å². The van der Waals surface area contributed by atoms with Crippen molar-refractivity contribution < 1.29 is 13.5 Å². The van der Waals surface area contributed by atoms with Crippen LogP contribution in [0.3, 0.4) is 0 Å². The van der Waals surface area contributed by atoms with Crippen molar-refractivity contribution in [1.82, 2.24) is 14.3 Å². The van der Waals surface area contributed by atoms with Crippen molar-refractivity contribution in [3.05, 3.63) is 18.7 Å². The molecule has 0 fully saturated rings. The van der Waals surface area contributed by atoms with Gasteiger partial charge >= 0.3 is 10.2 Å². The lowest BCUT2D eigenvalue weighted by atomic mass is 10.5. The minimum absolute atomic E-state index is 0.0473.